The molecule has 3 saturated carbocycles. The Kier molecular flexibility index (Phi) is 8.81. The third-order valence-corrected chi connectivity index (χ3v) is 13.5. The summed E-state index contributed by atoms with van der Waals surface area (Å²) < 4.78 is 17.4. The molecule has 0 saturated heterocycles. The molecule has 0 N–H and O–H groups in total. The van der Waals surface area contributed by atoms with Crippen molar-refractivity contribution in [3.05, 3.63) is 64.5 Å². The number of esters is 1. The topological polar surface area (TPSA) is 65.7 Å². The highest BCUT2D eigenvalue weighted by Crippen LogP contribution is 2.67. The predicted molar refractivity (Wildman–Crippen MR) is 188 cm³/mol. The third kappa shape index (κ3) is 5.95. The zero-order valence-electron chi connectivity index (χ0n) is 29.2. The van der Waals surface area contributed by atoms with Gasteiger partial charge in [-0.25, -0.2) is 9.59 Å². The Balaban J connectivity index is 0.961. The van der Waals surface area contributed by atoms with Crippen LogP contribution in [-0.2, 0) is 9.53 Å². The van der Waals surface area contributed by atoms with Gasteiger partial charge in [0.2, 0.25) is 0 Å². The molecule has 1 heterocycles. The number of ether oxygens (including phenoxy) is 2. The van der Waals surface area contributed by atoms with Gasteiger partial charge in [0.15, 0.2) is 6.61 Å². The van der Waals surface area contributed by atoms with Crippen molar-refractivity contribution in [2.45, 2.75) is 111 Å². The smallest absolute Gasteiger partial charge is 0.344 e. The van der Waals surface area contributed by atoms with Crippen molar-refractivity contribution in [2.24, 2.45) is 46.3 Å². The summed E-state index contributed by atoms with van der Waals surface area (Å²) >= 11 is 0. The fraction of sp³-hybridized carbons (Fsp3) is 0.619. The molecule has 7 rings (SSSR count). The molecule has 0 bridgehead atoms. The third-order valence-electron chi connectivity index (χ3n) is 13.5. The number of benzene rings is 2. The van der Waals surface area contributed by atoms with Crippen LogP contribution < -0.4 is 10.4 Å². The Morgan fingerprint density at radius 3 is 2.55 bits per heavy atom. The van der Waals surface area contributed by atoms with Crippen LogP contribution in [0.3, 0.4) is 0 Å². The first kappa shape index (κ1) is 32.5. The molecule has 1 aromatic heterocycles. The highest BCUT2D eigenvalue weighted by Gasteiger charge is 2.59. The van der Waals surface area contributed by atoms with Crippen molar-refractivity contribution in [3.8, 4) is 5.75 Å². The molecule has 252 valence electrons. The number of hydrogen-bond acceptors (Lipinski definition) is 5. The van der Waals surface area contributed by atoms with E-state index in [1.807, 2.05) is 30.3 Å². The number of carbonyl (C=O) groups excluding carboxylic acids is 1. The van der Waals surface area contributed by atoms with Crippen LogP contribution in [0.5, 0.6) is 5.75 Å². The van der Waals surface area contributed by atoms with E-state index in [-0.39, 0.29) is 29.7 Å². The SMILES string of the molecule is CC(C)CCC[C@@H](C)[C@H]1CC[C@@H]2[C@@H]3CC=C4C[C@@H](OC(=O)COc5ccc6c(c5)oc(=O)c5ccccc56)CC[C@]4(C)[C@H]3CC[C@@]21C. The van der Waals surface area contributed by atoms with E-state index in [2.05, 4.69) is 40.7 Å². The Bertz CT molecular complexity index is 1720. The van der Waals surface area contributed by atoms with E-state index in [1.165, 1.54) is 56.9 Å². The largest absolute Gasteiger partial charge is 0.482 e. The van der Waals surface area contributed by atoms with Crippen LogP contribution in [0, 0.1) is 46.3 Å². The molecule has 47 heavy (non-hydrogen) atoms. The number of allylic oxidation sites excluding steroid dienone is 1. The van der Waals surface area contributed by atoms with Crippen LogP contribution in [0.25, 0.3) is 21.7 Å². The zero-order valence-corrected chi connectivity index (χ0v) is 29.2. The van der Waals surface area contributed by atoms with E-state index < -0.39 is 0 Å². The van der Waals surface area contributed by atoms with Gasteiger partial charge in [-0.05, 0) is 115 Å². The van der Waals surface area contributed by atoms with Gasteiger partial charge in [-0.15, -0.1) is 0 Å². The van der Waals surface area contributed by atoms with E-state index in [4.69, 9.17) is 13.9 Å². The van der Waals surface area contributed by atoms with Crippen molar-refractivity contribution in [1.29, 1.82) is 0 Å². The number of rotatable bonds is 9. The summed E-state index contributed by atoms with van der Waals surface area (Å²) in [6.45, 7) is 12.3. The molecule has 3 fully saturated rings. The van der Waals surface area contributed by atoms with E-state index in [0.717, 1.165) is 65.5 Å². The zero-order chi connectivity index (χ0) is 32.9. The fourth-order valence-corrected chi connectivity index (χ4v) is 11.1. The highest BCUT2D eigenvalue weighted by atomic mass is 16.6. The van der Waals surface area contributed by atoms with Crippen LogP contribution in [-0.4, -0.2) is 18.7 Å². The van der Waals surface area contributed by atoms with Crippen LogP contribution in [0.1, 0.15) is 105 Å². The average molecular weight is 639 g/mol. The van der Waals surface area contributed by atoms with Crippen molar-refractivity contribution in [3.63, 3.8) is 0 Å². The molecular weight excluding hydrogens is 584 g/mol. The lowest BCUT2D eigenvalue weighted by Gasteiger charge is -2.58. The molecule has 0 unspecified atom stereocenters. The van der Waals surface area contributed by atoms with Crippen LogP contribution in [0.2, 0.25) is 0 Å². The maximum Gasteiger partial charge on any atom is 0.344 e. The van der Waals surface area contributed by atoms with Crippen LogP contribution >= 0.6 is 0 Å². The molecule has 0 aliphatic heterocycles. The monoisotopic (exact) mass is 638 g/mol. The van der Waals surface area contributed by atoms with Crippen molar-refractivity contribution in [1.82, 2.24) is 0 Å². The molecule has 0 amide bonds. The second-order valence-corrected chi connectivity index (χ2v) is 16.5. The Morgan fingerprint density at radius 2 is 1.74 bits per heavy atom. The van der Waals surface area contributed by atoms with Gasteiger partial charge >= 0.3 is 11.6 Å². The van der Waals surface area contributed by atoms with Gasteiger partial charge in [0.25, 0.3) is 0 Å². The molecule has 5 heteroatoms. The van der Waals surface area contributed by atoms with E-state index in [0.29, 0.717) is 22.1 Å². The molecular formula is C42H54O5. The maximum absolute atomic E-state index is 12.9. The van der Waals surface area contributed by atoms with Gasteiger partial charge in [-0.2, -0.15) is 0 Å². The second-order valence-electron chi connectivity index (χ2n) is 16.5. The molecule has 4 aliphatic carbocycles. The van der Waals surface area contributed by atoms with Crippen LogP contribution in [0.4, 0.5) is 0 Å². The lowest BCUT2D eigenvalue weighted by Crippen LogP contribution is -2.51. The van der Waals surface area contributed by atoms with Crippen molar-refractivity contribution in [2.75, 3.05) is 6.61 Å². The van der Waals surface area contributed by atoms with Gasteiger partial charge in [0.1, 0.15) is 17.4 Å². The minimum atomic E-state index is -0.380. The van der Waals surface area contributed by atoms with Crippen molar-refractivity contribution < 1.29 is 18.7 Å². The molecule has 2 aromatic carbocycles. The minimum absolute atomic E-state index is 0.0978. The van der Waals surface area contributed by atoms with Gasteiger partial charge in [0, 0.05) is 17.9 Å². The molecule has 8 atom stereocenters. The summed E-state index contributed by atoms with van der Waals surface area (Å²) in [6.07, 6.45) is 16.2. The number of hydrogen-bond donors (Lipinski definition) is 0. The van der Waals surface area contributed by atoms with Crippen LogP contribution in [0.15, 0.2) is 63.3 Å². The summed E-state index contributed by atoms with van der Waals surface area (Å²) in [5.41, 5.74) is 2.32. The quantitative estimate of drug-likeness (QED) is 0.101. The highest BCUT2D eigenvalue weighted by molar-refractivity contribution is 6.04. The first-order valence-electron chi connectivity index (χ1n) is 18.5. The fourth-order valence-electron chi connectivity index (χ4n) is 11.1. The summed E-state index contributed by atoms with van der Waals surface area (Å²) in [6, 6.07) is 12.8. The Hall–Kier alpha value is -3.08. The van der Waals surface area contributed by atoms with Gasteiger partial charge in [0.05, 0.1) is 5.39 Å². The first-order chi connectivity index (χ1) is 22.6. The normalized spacial score (nSPS) is 32.4. The summed E-state index contributed by atoms with van der Waals surface area (Å²) in [7, 11) is 0. The summed E-state index contributed by atoms with van der Waals surface area (Å²) in [4.78, 5) is 25.4. The Labute approximate surface area is 280 Å². The maximum atomic E-state index is 12.9. The van der Waals surface area contributed by atoms with E-state index in [1.54, 1.807) is 12.1 Å². The Morgan fingerprint density at radius 1 is 0.936 bits per heavy atom. The van der Waals surface area contributed by atoms with Gasteiger partial charge < -0.3 is 13.9 Å². The van der Waals surface area contributed by atoms with Gasteiger partial charge in [-0.1, -0.05) is 83.7 Å². The van der Waals surface area contributed by atoms with E-state index in [9.17, 15) is 9.59 Å². The second kappa shape index (κ2) is 12.7. The van der Waals surface area contributed by atoms with Crippen molar-refractivity contribution >= 4 is 27.7 Å². The average Bonchev–Trinajstić information content (AvgIpc) is 3.41. The minimum Gasteiger partial charge on any atom is -0.482 e. The predicted octanol–water partition coefficient (Wildman–Crippen LogP) is 10.3. The summed E-state index contributed by atoms with van der Waals surface area (Å²) in [5, 5.41) is 2.23. The standard InChI is InChI=1S/C42H54O5/c1-26(2)9-8-10-27(3)35-17-18-36-34-15-13-28-23-30(19-21-41(28,4)37(34)20-22-42(35,36)5)46-39(43)25-45-29-14-16-32-31-11-6-7-12-33(31)40(44)47-38(32)24-29/h6-7,11-14,16,24,26-27,30,34-37H,8-10,15,17-23,25H2,1-5H3/t27-,30+,34+,35-,36-,37+,41+,42-/m1/s1. The molecule has 0 spiro atoms. The molecule has 3 aromatic rings. The van der Waals surface area contributed by atoms with E-state index >= 15 is 0 Å². The molecule has 0 radical (unpaired) electrons. The molecule has 4 aliphatic rings. The first-order valence-corrected chi connectivity index (χ1v) is 18.5. The number of fused-ring (bicyclic) bond motifs is 8. The lowest BCUT2D eigenvalue weighted by atomic mass is 9.47. The number of carbonyl (C=O) groups is 1. The molecule has 5 nitrogen and oxygen atoms in total. The lowest BCUT2D eigenvalue weighted by molar-refractivity contribution is -0.153. The van der Waals surface area contributed by atoms with Gasteiger partial charge in [-0.3, -0.25) is 0 Å². The summed E-state index contributed by atoms with van der Waals surface area (Å²) in [5.74, 6) is 5.06.